The van der Waals surface area contributed by atoms with Crippen LogP contribution in [0.15, 0.2) is 23.6 Å². The molecule has 3 N–H and O–H groups in total. The highest BCUT2D eigenvalue weighted by molar-refractivity contribution is 7.09. The second kappa shape index (κ2) is 12.3. The lowest BCUT2D eigenvalue weighted by Gasteiger charge is -2.12. The Morgan fingerprint density at radius 2 is 2.12 bits per heavy atom. The molecule has 26 heavy (non-hydrogen) atoms. The van der Waals surface area contributed by atoms with E-state index < -0.39 is 0 Å². The molecule has 1 amide bonds. The van der Waals surface area contributed by atoms with Crippen LogP contribution in [0.5, 0.6) is 5.75 Å². The Morgan fingerprint density at radius 1 is 1.38 bits per heavy atom. The molecule has 0 unspecified atom stereocenters. The zero-order chi connectivity index (χ0) is 17.5. The van der Waals surface area contributed by atoms with E-state index in [9.17, 15) is 4.79 Å². The smallest absolute Gasteiger partial charge is 0.275 e. The van der Waals surface area contributed by atoms with Crippen molar-refractivity contribution in [2.45, 2.75) is 6.42 Å². The summed E-state index contributed by atoms with van der Waals surface area (Å²) in [6.07, 6.45) is 0.669. The minimum absolute atomic E-state index is 0. The number of aromatic nitrogens is 1. The molecule has 0 aliphatic carbocycles. The zero-order valence-corrected chi connectivity index (χ0v) is 17.7. The first-order valence-corrected chi connectivity index (χ1v) is 8.78. The molecular weight excluding hydrogens is 419 g/mol. The van der Waals surface area contributed by atoms with Gasteiger partial charge in [0.25, 0.3) is 5.91 Å². The van der Waals surface area contributed by atoms with Gasteiger partial charge in [0.1, 0.15) is 18.1 Å². The van der Waals surface area contributed by atoms with Gasteiger partial charge in [-0.05, 0) is 38.8 Å². The zero-order valence-electron chi connectivity index (χ0n) is 14.5. The minimum Gasteiger partial charge on any atom is -0.491 e. The maximum atomic E-state index is 12.2. The van der Waals surface area contributed by atoms with Crippen LogP contribution in [0.1, 0.15) is 15.5 Å². The predicted molar refractivity (Wildman–Crippen MR) is 113 cm³/mol. The summed E-state index contributed by atoms with van der Waals surface area (Å²) in [6, 6.07) is 5.16. The summed E-state index contributed by atoms with van der Waals surface area (Å²) in [4.78, 5) is 18.5. The highest BCUT2D eigenvalue weighted by Crippen LogP contribution is 2.28. The van der Waals surface area contributed by atoms with Gasteiger partial charge in [0.2, 0.25) is 0 Å². The molecule has 10 heteroatoms. The summed E-state index contributed by atoms with van der Waals surface area (Å²) in [5.74, 6) is 0.322. The van der Waals surface area contributed by atoms with Gasteiger partial charge in [-0.25, -0.2) is 4.98 Å². The summed E-state index contributed by atoms with van der Waals surface area (Å²) in [5, 5.41) is 5.81. The van der Waals surface area contributed by atoms with E-state index in [0.29, 0.717) is 41.7 Å². The van der Waals surface area contributed by atoms with Gasteiger partial charge >= 0.3 is 0 Å². The van der Waals surface area contributed by atoms with Crippen LogP contribution in [0, 0.1) is 0 Å². The molecule has 0 aliphatic heterocycles. The number of likely N-dealkylation sites (N-methyl/N-ethyl adjacent to an activating group) is 1. The van der Waals surface area contributed by atoms with E-state index in [1.165, 1.54) is 11.3 Å². The second-order valence-corrected chi connectivity index (χ2v) is 6.77. The molecule has 6 nitrogen and oxygen atoms in total. The summed E-state index contributed by atoms with van der Waals surface area (Å²) in [5.41, 5.74) is 6.46. The Labute approximate surface area is 174 Å². The Hall–Kier alpha value is -1.09. The molecule has 0 saturated carbocycles. The van der Waals surface area contributed by atoms with Crippen LogP contribution < -0.4 is 15.8 Å². The largest absolute Gasteiger partial charge is 0.491 e. The summed E-state index contributed by atoms with van der Waals surface area (Å²) in [7, 11) is 3.95. The number of hydrogen-bond acceptors (Lipinski definition) is 6. The van der Waals surface area contributed by atoms with Crippen LogP contribution >= 0.6 is 47.8 Å². The van der Waals surface area contributed by atoms with Crippen molar-refractivity contribution in [3.8, 4) is 5.75 Å². The molecule has 2 aromatic rings. The van der Waals surface area contributed by atoms with E-state index in [1.54, 1.807) is 23.6 Å². The fourth-order valence-electron chi connectivity index (χ4n) is 1.88. The molecule has 2 rings (SSSR count). The average Bonchev–Trinajstić information content (AvgIpc) is 2.98. The van der Waals surface area contributed by atoms with Crippen LogP contribution in [0.4, 0.5) is 5.69 Å². The fraction of sp³-hybridized carbons (Fsp3) is 0.375. The van der Waals surface area contributed by atoms with Gasteiger partial charge in [0.05, 0.1) is 10.0 Å². The Kier molecular flexibility index (Phi) is 11.8. The van der Waals surface area contributed by atoms with Crippen molar-refractivity contribution in [2.75, 3.05) is 39.1 Å². The monoisotopic (exact) mass is 440 g/mol. The number of thiazole rings is 1. The number of anilines is 1. The van der Waals surface area contributed by atoms with Gasteiger partial charge in [0.15, 0.2) is 0 Å². The quantitative estimate of drug-likeness (QED) is 0.657. The third kappa shape index (κ3) is 7.65. The third-order valence-electron chi connectivity index (χ3n) is 3.13. The van der Waals surface area contributed by atoms with E-state index in [0.717, 1.165) is 11.6 Å². The lowest BCUT2D eigenvalue weighted by molar-refractivity contribution is 0.102. The topological polar surface area (TPSA) is 80.5 Å². The number of carbonyl (C=O) groups is 1. The SMILES string of the molecule is CN(C)CCOc1ccc(NC(=O)c2csc(CCN)n2)cc1Cl.Cl.Cl. The number of hydrogen-bond donors (Lipinski definition) is 2. The molecule has 0 fully saturated rings. The van der Waals surface area contributed by atoms with Crippen molar-refractivity contribution in [3.05, 3.63) is 39.3 Å². The predicted octanol–water partition coefficient (Wildman–Crippen LogP) is 3.33. The van der Waals surface area contributed by atoms with Crippen molar-refractivity contribution >= 4 is 59.3 Å². The number of amides is 1. The summed E-state index contributed by atoms with van der Waals surface area (Å²) >= 11 is 7.63. The summed E-state index contributed by atoms with van der Waals surface area (Å²) in [6.45, 7) is 1.85. The van der Waals surface area contributed by atoms with Gasteiger partial charge in [0, 0.05) is 24.0 Å². The number of nitrogens with zero attached hydrogens (tertiary/aromatic N) is 2. The molecular formula is C16H23Cl3N4O2S. The van der Waals surface area contributed by atoms with Crippen LogP contribution in [0.2, 0.25) is 5.02 Å². The number of benzene rings is 1. The lowest BCUT2D eigenvalue weighted by Crippen LogP contribution is -2.19. The highest BCUT2D eigenvalue weighted by Gasteiger charge is 2.12. The first kappa shape index (κ1) is 24.9. The van der Waals surface area contributed by atoms with Crippen LogP contribution in [0.25, 0.3) is 0 Å². The van der Waals surface area contributed by atoms with E-state index in [4.69, 9.17) is 22.1 Å². The van der Waals surface area contributed by atoms with E-state index in [2.05, 4.69) is 10.3 Å². The van der Waals surface area contributed by atoms with Crippen LogP contribution in [0.3, 0.4) is 0 Å². The first-order valence-electron chi connectivity index (χ1n) is 7.52. The molecule has 146 valence electrons. The Balaban J connectivity index is 0.00000312. The number of carbonyl (C=O) groups excluding carboxylic acids is 1. The molecule has 0 atom stereocenters. The fourth-order valence-corrected chi connectivity index (χ4v) is 2.91. The van der Waals surface area contributed by atoms with E-state index in [-0.39, 0.29) is 30.7 Å². The standard InChI is InChI=1S/C16H21ClN4O2S.2ClH/c1-21(2)7-8-23-14-4-3-11(9-12(14)17)19-16(22)13-10-24-15(20-13)5-6-18;;/h3-4,9-10H,5-8,18H2,1-2H3,(H,19,22);2*1H. The molecule has 0 radical (unpaired) electrons. The van der Waals surface area contributed by atoms with Crippen molar-refractivity contribution in [3.63, 3.8) is 0 Å². The van der Waals surface area contributed by atoms with E-state index in [1.807, 2.05) is 19.0 Å². The van der Waals surface area contributed by atoms with Gasteiger partial charge in [-0.3, -0.25) is 4.79 Å². The summed E-state index contributed by atoms with van der Waals surface area (Å²) < 4.78 is 5.61. The molecule has 0 spiro atoms. The molecule has 0 bridgehead atoms. The highest BCUT2D eigenvalue weighted by atomic mass is 35.5. The first-order chi connectivity index (χ1) is 11.5. The minimum atomic E-state index is -0.271. The van der Waals surface area contributed by atoms with Crippen LogP contribution in [-0.2, 0) is 6.42 Å². The Morgan fingerprint density at radius 3 is 2.73 bits per heavy atom. The van der Waals surface area contributed by atoms with Crippen molar-refractivity contribution in [1.29, 1.82) is 0 Å². The number of halogens is 3. The molecule has 1 aromatic carbocycles. The van der Waals surface area contributed by atoms with Gasteiger partial charge in [-0.2, -0.15) is 0 Å². The van der Waals surface area contributed by atoms with Gasteiger partial charge in [-0.15, -0.1) is 36.2 Å². The van der Waals surface area contributed by atoms with Crippen molar-refractivity contribution < 1.29 is 9.53 Å². The van der Waals surface area contributed by atoms with Crippen LogP contribution in [-0.4, -0.2) is 49.6 Å². The molecule has 1 heterocycles. The molecule has 1 aromatic heterocycles. The lowest BCUT2D eigenvalue weighted by atomic mass is 10.3. The average molecular weight is 442 g/mol. The molecule has 0 aliphatic rings. The number of rotatable bonds is 8. The number of ether oxygens (including phenoxy) is 1. The van der Waals surface area contributed by atoms with E-state index >= 15 is 0 Å². The third-order valence-corrected chi connectivity index (χ3v) is 4.33. The van der Waals surface area contributed by atoms with Crippen molar-refractivity contribution in [1.82, 2.24) is 9.88 Å². The second-order valence-electron chi connectivity index (χ2n) is 5.42. The number of nitrogens with one attached hydrogen (secondary N) is 1. The normalized spacial score (nSPS) is 10.0. The van der Waals surface area contributed by atoms with Gasteiger partial charge < -0.3 is 20.7 Å². The molecule has 0 saturated heterocycles. The van der Waals surface area contributed by atoms with Gasteiger partial charge in [-0.1, -0.05) is 11.6 Å². The Bertz CT molecular complexity index is 698. The maximum Gasteiger partial charge on any atom is 0.275 e. The maximum absolute atomic E-state index is 12.2. The number of nitrogens with two attached hydrogens (primary N) is 1. The van der Waals surface area contributed by atoms with Crippen molar-refractivity contribution in [2.24, 2.45) is 5.73 Å².